The molecule has 2 N–H and O–H groups in total. The van der Waals surface area contributed by atoms with Crippen molar-refractivity contribution in [2.45, 2.75) is 19.3 Å². The minimum atomic E-state index is 0.860. The van der Waals surface area contributed by atoms with E-state index in [1.54, 1.807) is 6.33 Å². The maximum absolute atomic E-state index is 4.31. The zero-order valence-corrected chi connectivity index (χ0v) is 11.3. The normalized spacial score (nSPS) is 16.6. The zero-order valence-electron chi connectivity index (χ0n) is 11.3. The van der Waals surface area contributed by atoms with Crippen LogP contribution in [0.2, 0.25) is 0 Å². The van der Waals surface area contributed by atoms with Gasteiger partial charge in [0.05, 0.1) is 0 Å². The molecule has 1 fully saturated rings. The van der Waals surface area contributed by atoms with Crippen molar-refractivity contribution >= 4 is 11.6 Å². The van der Waals surface area contributed by atoms with Crippen molar-refractivity contribution in [3.05, 3.63) is 12.4 Å². The maximum Gasteiger partial charge on any atom is 0.133 e. The molecule has 0 aromatic carbocycles. The summed E-state index contributed by atoms with van der Waals surface area (Å²) in [6, 6.07) is 1.99. The van der Waals surface area contributed by atoms with E-state index in [2.05, 4.69) is 32.5 Å². The first kappa shape index (κ1) is 13.1. The van der Waals surface area contributed by atoms with Crippen molar-refractivity contribution in [1.82, 2.24) is 15.3 Å². The Morgan fingerprint density at radius 1 is 1.39 bits per heavy atom. The van der Waals surface area contributed by atoms with Crippen molar-refractivity contribution in [1.29, 1.82) is 0 Å². The number of nitrogens with one attached hydrogen (secondary N) is 2. The van der Waals surface area contributed by atoms with Gasteiger partial charge >= 0.3 is 0 Å². The molecule has 0 radical (unpaired) electrons. The fourth-order valence-electron chi connectivity index (χ4n) is 2.35. The largest absolute Gasteiger partial charge is 0.373 e. The predicted octanol–water partition coefficient (Wildman–Crippen LogP) is 1.34. The summed E-state index contributed by atoms with van der Waals surface area (Å²) in [6.07, 6.45) is 5.47. The highest BCUT2D eigenvalue weighted by Gasteiger charge is 2.14. The molecule has 5 heteroatoms. The highest BCUT2D eigenvalue weighted by molar-refractivity contribution is 5.47. The maximum atomic E-state index is 4.31. The molecule has 0 unspecified atom stereocenters. The first-order valence-corrected chi connectivity index (χ1v) is 6.71. The molecule has 1 aromatic rings. The van der Waals surface area contributed by atoms with E-state index in [4.69, 9.17) is 0 Å². The summed E-state index contributed by atoms with van der Waals surface area (Å²) >= 11 is 0. The SMILES string of the molecule is CNc1cc(N(C)CCC2CCNCC2)ncn1. The van der Waals surface area contributed by atoms with Gasteiger partial charge in [0.15, 0.2) is 0 Å². The molecular formula is C13H23N5. The molecule has 5 nitrogen and oxygen atoms in total. The van der Waals surface area contributed by atoms with Gasteiger partial charge < -0.3 is 15.5 Å². The molecule has 100 valence electrons. The molecule has 2 rings (SSSR count). The minimum Gasteiger partial charge on any atom is -0.373 e. The molecule has 0 spiro atoms. The van der Waals surface area contributed by atoms with Crippen LogP contribution in [0, 0.1) is 5.92 Å². The highest BCUT2D eigenvalue weighted by Crippen LogP contribution is 2.18. The molecule has 0 amide bonds. The van der Waals surface area contributed by atoms with E-state index < -0.39 is 0 Å². The van der Waals surface area contributed by atoms with Crippen LogP contribution in [0.3, 0.4) is 0 Å². The van der Waals surface area contributed by atoms with Crippen LogP contribution >= 0.6 is 0 Å². The van der Waals surface area contributed by atoms with Gasteiger partial charge in [0.2, 0.25) is 0 Å². The number of nitrogens with zero attached hydrogens (tertiary/aromatic N) is 3. The van der Waals surface area contributed by atoms with E-state index in [-0.39, 0.29) is 0 Å². The quantitative estimate of drug-likeness (QED) is 0.825. The Morgan fingerprint density at radius 3 is 2.89 bits per heavy atom. The molecule has 0 bridgehead atoms. The Bertz CT molecular complexity index is 362. The third-order valence-corrected chi connectivity index (χ3v) is 3.63. The number of piperidine rings is 1. The van der Waals surface area contributed by atoms with E-state index in [1.807, 2.05) is 13.1 Å². The highest BCUT2D eigenvalue weighted by atomic mass is 15.2. The molecule has 0 atom stereocenters. The van der Waals surface area contributed by atoms with Gasteiger partial charge in [0, 0.05) is 26.7 Å². The molecule has 0 saturated carbocycles. The molecule has 1 aliphatic rings. The smallest absolute Gasteiger partial charge is 0.133 e. The lowest BCUT2D eigenvalue weighted by Gasteiger charge is -2.25. The van der Waals surface area contributed by atoms with Crippen LogP contribution in [-0.4, -0.2) is 43.7 Å². The van der Waals surface area contributed by atoms with Crippen molar-refractivity contribution in [3.63, 3.8) is 0 Å². The molecule has 1 saturated heterocycles. The van der Waals surface area contributed by atoms with Crippen molar-refractivity contribution in [2.24, 2.45) is 5.92 Å². The average molecular weight is 249 g/mol. The molecule has 1 aromatic heterocycles. The summed E-state index contributed by atoms with van der Waals surface area (Å²) in [6.45, 7) is 3.41. The van der Waals surface area contributed by atoms with Crippen LogP contribution < -0.4 is 15.5 Å². The lowest BCUT2D eigenvalue weighted by molar-refractivity contribution is 0.356. The van der Waals surface area contributed by atoms with Crippen molar-refractivity contribution in [3.8, 4) is 0 Å². The summed E-state index contributed by atoms with van der Waals surface area (Å²) in [5.74, 6) is 2.72. The second-order valence-electron chi connectivity index (χ2n) is 4.92. The zero-order chi connectivity index (χ0) is 12.8. The molecular weight excluding hydrogens is 226 g/mol. The predicted molar refractivity (Wildman–Crippen MR) is 75.1 cm³/mol. The number of rotatable bonds is 5. The average Bonchev–Trinajstić information content (AvgIpc) is 2.46. The molecule has 1 aliphatic heterocycles. The van der Waals surface area contributed by atoms with E-state index in [0.717, 1.165) is 24.1 Å². The number of hydrogen-bond donors (Lipinski definition) is 2. The van der Waals surface area contributed by atoms with Gasteiger partial charge in [-0.15, -0.1) is 0 Å². The van der Waals surface area contributed by atoms with Crippen LogP contribution in [0.1, 0.15) is 19.3 Å². The Balaban J connectivity index is 1.84. The van der Waals surface area contributed by atoms with Gasteiger partial charge in [-0.05, 0) is 38.3 Å². The van der Waals surface area contributed by atoms with Gasteiger partial charge in [0.1, 0.15) is 18.0 Å². The van der Waals surface area contributed by atoms with Gasteiger partial charge in [0.25, 0.3) is 0 Å². The van der Waals surface area contributed by atoms with E-state index in [1.165, 1.54) is 32.4 Å². The lowest BCUT2D eigenvalue weighted by Crippen LogP contribution is -2.30. The summed E-state index contributed by atoms with van der Waals surface area (Å²) in [4.78, 5) is 10.7. The lowest BCUT2D eigenvalue weighted by atomic mass is 9.94. The van der Waals surface area contributed by atoms with Crippen LogP contribution in [-0.2, 0) is 0 Å². The first-order valence-electron chi connectivity index (χ1n) is 6.71. The van der Waals surface area contributed by atoms with Crippen molar-refractivity contribution < 1.29 is 0 Å². The molecule has 18 heavy (non-hydrogen) atoms. The van der Waals surface area contributed by atoms with E-state index in [0.29, 0.717) is 0 Å². The summed E-state index contributed by atoms with van der Waals surface area (Å²) < 4.78 is 0. The van der Waals surface area contributed by atoms with Gasteiger partial charge in [-0.25, -0.2) is 9.97 Å². The van der Waals surface area contributed by atoms with Gasteiger partial charge in [-0.3, -0.25) is 0 Å². The number of anilines is 2. The van der Waals surface area contributed by atoms with Crippen molar-refractivity contribution in [2.75, 3.05) is 43.9 Å². The minimum absolute atomic E-state index is 0.860. The van der Waals surface area contributed by atoms with Crippen LogP contribution in [0.5, 0.6) is 0 Å². The number of aromatic nitrogens is 2. The first-order chi connectivity index (χ1) is 8.79. The topological polar surface area (TPSA) is 53.1 Å². The fraction of sp³-hybridized carbons (Fsp3) is 0.692. The standard InChI is InChI=1S/C13H23N5/c1-14-12-9-13(17-10-16-12)18(2)8-5-11-3-6-15-7-4-11/h9-11,15H,3-8H2,1-2H3,(H,14,16,17). The second-order valence-corrected chi connectivity index (χ2v) is 4.92. The molecule has 2 heterocycles. The third-order valence-electron chi connectivity index (χ3n) is 3.63. The Kier molecular flexibility index (Phi) is 4.75. The van der Waals surface area contributed by atoms with E-state index in [9.17, 15) is 0 Å². The van der Waals surface area contributed by atoms with E-state index >= 15 is 0 Å². The monoisotopic (exact) mass is 249 g/mol. The fourth-order valence-corrected chi connectivity index (χ4v) is 2.35. The summed E-state index contributed by atoms with van der Waals surface area (Å²) in [5.41, 5.74) is 0. The number of hydrogen-bond acceptors (Lipinski definition) is 5. The summed E-state index contributed by atoms with van der Waals surface area (Å²) in [5, 5.41) is 6.45. The Hall–Kier alpha value is -1.36. The van der Waals surface area contributed by atoms with Gasteiger partial charge in [-0.2, -0.15) is 0 Å². The van der Waals surface area contributed by atoms with Crippen LogP contribution in [0.25, 0.3) is 0 Å². The Morgan fingerprint density at radius 2 is 2.17 bits per heavy atom. The molecule has 0 aliphatic carbocycles. The third kappa shape index (κ3) is 3.57. The summed E-state index contributed by atoms with van der Waals surface area (Å²) in [7, 11) is 3.98. The van der Waals surface area contributed by atoms with Gasteiger partial charge in [-0.1, -0.05) is 0 Å². The van der Waals surface area contributed by atoms with Crippen LogP contribution in [0.4, 0.5) is 11.6 Å². The van der Waals surface area contributed by atoms with Crippen LogP contribution in [0.15, 0.2) is 12.4 Å². The Labute approximate surface area is 109 Å². The second kappa shape index (κ2) is 6.54.